The molecule has 0 spiro atoms. The van der Waals surface area contributed by atoms with Gasteiger partial charge >= 0.3 is 6.09 Å². The van der Waals surface area contributed by atoms with Crippen LogP contribution in [0.25, 0.3) is 0 Å². The van der Waals surface area contributed by atoms with E-state index in [1.165, 1.54) is 5.56 Å². The van der Waals surface area contributed by atoms with Gasteiger partial charge < -0.3 is 15.4 Å². The van der Waals surface area contributed by atoms with Crippen LogP contribution in [0, 0.1) is 0 Å². The van der Waals surface area contributed by atoms with Gasteiger partial charge in [-0.3, -0.25) is 0 Å². The van der Waals surface area contributed by atoms with Crippen LogP contribution < -0.4 is 5.73 Å². The van der Waals surface area contributed by atoms with Crippen molar-refractivity contribution in [3.63, 3.8) is 0 Å². The smallest absolute Gasteiger partial charge is 0.410 e. The molecule has 4 nitrogen and oxygen atoms in total. The van der Waals surface area contributed by atoms with Gasteiger partial charge in [0.15, 0.2) is 0 Å². The lowest BCUT2D eigenvalue weighted by molar-refractivity contribution is -0.00254. The van der Waals surface area contributed by atoms with Gasteiger partial charge in [0.2, 0.25) is 0 Å². The molecule has 2 rings (SSSR count). The molecule has 2 N–H and O–H groups in total. The van der Waals surface area contributed by atoms with Crippen LogP contribution in [0.2, 0.25) is 0 Å². The van der Waals surface area contributed by atoms with Gasteiger partial charge in [-0.25, -0.2) is 4.79 Å². The van der Waals surface area contributed by atoms with E-state index in [1.54, 1.807) is 0 Å². The van der Waals surface area contributed by atoms with Crippen molar-refractivity contribution in [3.8, 4) is 0 Å². The highest BCUT2D eigenvalue weighted by atomic mass is 16.6. The Morgan fingerprint density at radius 2 is 1.64 bits per heavy atom. The Kier molecular flexibility index (Phi) is 4.69. The molecule has 0 bridgehead atoms. The monoisotopic (exact) mass is 304 g/mol. The first-order chi connectivity index (χ1) is 10.2. The number of nitrogens with two attached hydrogens (primary N) is 1. The number of carbonyl (C=O) groups excluding carboxylic acids is 1. The second-order valence-electron chi connectivity index (χ2n) is 7.42. The number of likely N-dealkylation sites (tertiary alicyclic amines) is 1. The minimum Gasteiger partial charge on any atom is -0.444 e. The lowest BCUT2D eigenvalue weighted by Gasteiger charge is -2.43. The molecule has 1 aliphatic rings. The highest BCUT2D eigenvalue weighted by Gasteiger charge is 2.36. The predicted octanol–water partition coefficient (Wildman–Crippen LogP) is 4.16. The van der Waals surface area contributed by atoms with Gasteiger partial charge in [-0.15, -0.1) is 0 Å². The molecule has 1 aromatic rings. The van der Waals surface area contributed by atoms with E-state index in [0.29, 0.717) is 5.92 Å². The first kappa shape index (κ1) is 16.7. The SMILES string of the molecule is C[C@@H]1CC(c2ccc(N)cc2)C[C@@H](C)N1C(=O)OC(C)(C)C. The lowest BCUT2D eigenvalue weighted by Crippen LogP contribution is -2.51. The topological polar surface area (TPSA) is 55.6 Å². The predicted molar refractivity (Wildman–Crippen MR) is 89.8 cm³/mol. The normalized spacial score (nSPS) is 25.9. The molecule has 0 aromatic heterocycles. The van der Waals surface area contributed by atoms with Crippen molar-refractivity contribution in [2.75, 3.05) is 5.73 Å². The number of hydrogen-bond acceptors (Lipinski definition) is 3. The highest BCUT2D eigenvalue weighted by molar-refractivity contribution is 5.69. The number of nitrogens with zero attached hydrogens (tertiary/aromatic N) is 1. The highest BCUT2D eigenvalue weighted by Crippen LogP contribution is 2.36. The van der Waals surface area contributed by atoms with Crippen molar-refractivity contribution in [2.24, 2.45) is 0 Å². The summed E-state index contributed by atoms with van der Waals surface area (Å²) < 4.78 is 5.55. The number of nitrogen functional groups attached to an aromatic ring is 1. The number of hydrogen-bond donors (Lipinski definition) is 1. The van der Waals surface area contributed by atoms with Crippen LogP contribution in [0.4, 0.5) is 10.5 Å². The van der Waals surface area contributed by atoms with E-state index in [9.17, 15) is 4.79 Å². The van der Waals surface area contributed by atoms with E-state index in [2.05, 4.69) is 26.0 Å². The Hall–Kier alpha value is -1.71. The number of piperidine rings is 1. The fourth-order valence-electron chi connectivity index (χ4n) is 3.30. The van der Waals surface area contributed by atoms with Crippen molar-refractivity contribution in [1.29, 1.82) is 0 Å². The van der Waals surface area contributed by atoms with E-state index in [4.69, 9.17) is 10.5 Å². The quantitative estimate of drug-likeness (QED) is 0.793. The average molecular weight is 304 g/mol. The second kappa shape index (κ2) is 6.19. The Morgan fingerprint density at radius 1 is 1.14 bits per heavy atom. The molecular weight excluding hydrogens is 276 g/mol. The molecule has 122 valence electrons. The number of ether oxygens (including phenoxy) is 1. The summed E-state index contributed by atoms with van der Waals surface area (Å²) in [6.07, 6.45) is 1.70. The summed E-state index contributed by atoms with van der Waals surface area (Å²) in [4.78, 5) is 14.3. The molecule has 0 radical (unpaired) electrons. The summed E-state index contributed by atoms with van der Waals surface area (Å²) in [6.45, 7) is 9.91. The van der Waals surface area contributed by atoms with Gasteiger partial charge in [-0.2, -0.15) is 0 Å². The van der Waals surface area contributed by atoms with Crippen LogP contribution in [0.15, 0.2) is 24.3 Å². The van der Waals surface area contributed by atoms with Gasteiger partial charge in [-0.1, -0.05) is 12.1 Å². The van der Waals surface area contributed by atoms with Crippen molar-refractivity contribution in [2.45, 2.75) is 71.1 Å². The zero-order valence-electron chi connectivity index (χ0n) is 14.3. The zero-order chi connectivity index (χ0) is 16.5. The van der Waals surface area contributed by atoms with Crippen LogP contribution in [0.5, 0.6) is 0 Å². The van der Waals surface area contributed by atoms with Crippen molar-refractivity contribution in [3.05, 3.63) is 29.8 Å². The molecule has 1 aliphatic heterocycles. The van der Waals surface area contributed by atoms with Crippen LogP contribution in [-0.2, 0) is 4.74 Å². The summed E-state index contributed by atoms with van der Waals surface area (Å²) in [6, 6.07) is 8.43. The van der Waals surface area contributed by atoms with Crippen LogP contribution in [0.3, 0.4) is 0 Å². The number of amides is 1. The number of benzene rings is 1. The Labute approximate surface area is 133 Å². The second-order valence-corrected chi connectivity index (χ2v) is 7.42. The molecule has 1 heterocycles. The minimum atomic E-state index is -0.454. The summed E-state index contributed by atoms with van der Waals surface area (Å²) >= 11 is 0. The van der Waals surface area contributed by atoms with E-state index < -0.39 is 5.60 Å². The standard InChI is InChI=1S/C18H28N2O2/c1-12-10-15(14-6-8-16(19)9-7-14)11-13(2)20(12)17(21)22-18(3,4)5/h6-9,12-13,15H,10-11,19H2,1-5H3/t12-,13-/m1/s1. The van der Waals surface area contributed by atoms with Crippen LogP contribution in [-0.4, -0.2) is 28.7 Å². The van der Waals surface area contributed by atoms with Crippen molar-refractivity contribution < 1.29 is 9.53 Å². The maximum atomic E-state index is 12.4. The molecule has 1 amide bonds. The number of carbonyl (C=O) groups is 1. The van der Waals surface area contributed by atoms with E-state index in [0.717, 1.165) is 18.5 Å². The summed E-state index contributed by atoms with van der Waals surface area (Å²) in [5.41, 5.74) is 7.40. The molecule has 0 aliphatic carbocycles. The zero-order valence-corrected chi connectivity index (χ0v) is 14.3. The van der Waals surface area contributed by atoms with Gasteiger partial charge in [0.25, 0.3) is 0 Å². The first-order valence-electron chi connectivity index (χ1n) is 8.04. The third-order valence-electron chi connectivity index (χ3n) is 4.21. The third-order valence-corrected chi connectivity index (χ3v) is 4.21. The van der Waals surface area contributed by atoms with Crippen LogP contribution in [0.1, 0.15) is 58.9 Å². The van der Waals surface area contributed by atoms with E-state index in [-0.39, 0.29) is 18.2 Å². The van der Waals surface area contributed by atoms with Gasteiger partial charge in [0.05, 0.1) is 0 Å². The number of rotatable bonds is 1. The molecular formula is C18H28N2O2. The third kappa shape index (κ3) is 3.93. The summed E-state index contributed by atoms with van der Waals surface area (Å²) in [5.74, 6) is 0.462. The maximum absolute atomic E-state index is 12.4. The minimum absolute atomic E-state index is 0.168. The maximum Gasteiger partial charge on any atom is 0.410 e. The van der Waals surface area contributed by atoms with Gasteiger partial charge in [0, 0.05) is 17.8 Å². The number of anilines is 1. The molecule has 1 aromatic carbocycles. The van der Waals surface area contributed by atoms with Crippen molar-refractivity contribution >= 4 is 11.8 Å². The molecule has 22 heavy (non-hydrogen) atoms. The average Bonchev–Trinajstić information content (AvgIpc) is 2.36. The van der Waals surface area contributed by atoms with Gasteiger partial charge in [0.1, 0.15) is 5.60 Å². The van der Waals surface area contributed by atoms with Crippen LogP contribution >= 0.6 is 0 Å². The Bertz CT molecular complexity index is 507. The summed E-state index contributed by atoms with van der Waals surface area (Å²) in [7, 11) is 0. The molecule has 4 heteroatoms. The fraction of sp³-hybridized carbons (Fsp3) is 0.611. The molecule has 1 saturated heterocycles. The van der Waals surface area contributed by atoms with E-state index in [1.807, 2.05) is 37.8 Å². The summed E-state index contributed by atoms with van der Waals surface area (Å²) in [5, 5.41) is 0. The molecule has 1 fully saturated rings. The van der Waals surface area contributed by atoms with Gasteiger partial charge in [-0.05, 0) is 71.1 Å². The Morgan fingerprint density at radius 3 is 2.09 bits per heavy atom. The fourth-order valence-corrected chi connectivity index (χ4v) is 3.30. The van der Waals surface area contributed by atoms with E-state index >= 15 is 0 Å². The molecule has 0 saturated carbocycles. The lowest BCUT2D eigenvalue weighted by atomic mass is 9.82. The largest absolute Gasteiger partial charge is 0.444 e. The Balaban J connectivity index is 2.08. The first-order valence-corrected chi connectivity index (χ1v) is 8.04. The molecule has 0 unspecified atom stereocenters. The van der Waals surface area contributed by atoms with Crippen molar-refractivity contribution in [1.82, 2.24) is 4.90 Å². The molecule has 2 atom stereocenters.